The van der Waals surface area contributed by atoms with E-state index in [9.17, 15) is 18.4 Å². The highest BCUT2D eigenvalue weighted by Gasteiger charge is 2.24. The molecule has 1 atom stereocenters. The van der Waals surface area contributed by atoms with Crippen molar-refractivity contribution in [1.29, 1.82) is 0 Å². The number of halogens is 3. The standard InChI is InChI=1S/C28H26F3N3O3S/c1-16-25(19-6-4-9-24(37-2)26(19)31)27(35)34(15-23(32)17-10-12-18(38-3)13-11-17)28(36)33(16)14-20-21(29)7-5-8-22(20)30/h4-13,23H,14-15,32H2,1-3H3. The SMILES string of the molecule is COc1cccc(-c2c(C)n(Cc3c(F)cccc3F)c(=O)n(CC(N)c3ccc(SC)cc3)c2=O)c1F. The number of hydrogen-bond donors (Lipinski definition) is 1. The molecule has 0 aliphatic heterocycles. The molecule has 4 aromatic rings. The van der Waals surface area contributed by atoms with E-state index in [1.165, 1.54) is 38.3 Å². The van der Waals surface area contributed by atoms with Gasteiger partial charge in [-0.25, -0.2) is 18.0 Å². The van der Waals surface area contributed by atoms with E-state index in [2.05, 4.69) is 0 Å². The molecular weight excluding hydrogens is 515 g/mol. The lowest BCUT2D eigenvalue weighted by atomic mass is 10.0. The van der Waals surface area contributed by atoms with E-state index >= 15 is 4.39 Å². The minimum absolute atomic E-state index is 0.0453. The summed E-state index contributed by atoms with van der Waals surface area (Å²) < 4.78 is 51.4. The molecule has 0 spiro atoms. The van der Waals surface area contributed by atoms with Crippen LogP contribution in [0.3, 0.4) is 0 Å². The summed E-state index contributed by atoms with van der Waals surface area (Å²) in [5, 5.41) is 0. The number of benzene rings is 3. The lowest BCUT2D eigenvalue weighted by Gasteiger charge is -2.20. The monoisotopic (exact) mass is 541 g/mol. The van der Waals surface area contributed by atoms with Crippen LogP contribution in [-0.2, 0) is 13.1 Å². The van der Waals surface area contributed by atoms with Crippen LogP contribution in [0.5, 0.6) is 5.75 Å². The number of rotatable bonds is 8. The fraction of sp³-hybridized carbons (Fsp3) is 0.214. The highest BCUT2D eigenvalue weighted by atomic mass is 32.2. The van der Waals surface area contributed by atoms with E-state index in [-0.39, 0.29) is 34.7 Å². The van der Waals surface area contributed by atoms with E-state index in [0.29, 0.717) is 5.56 Å². The van der Waals surface area contributed by atoms with Crippen molar-refractivity contribution in [2.75, 3.05) is 13.4 Å². The van der Waals surface area contributed by atoms with Gasteiger partial charge in [0.25, 0.3) is 5.56 Å². The van der Waals surface area contributed by atoms with Crippen LogP contribution >= 0.6 is 11.8 Å². The molecule has 3 aromatic carbocycles. The normalized spacial score (nSPS) is 12.0. The van der Waals surface area contributed by atoms with Crippen molar-refractivity contribution in [3.8, 4) is 16.9 Å². The molecule has 0 saturated heterocycles. The number of aromatic nitrogens is 2. The average Bonchev–Trinajstić information content (AvgIpc) is 2.91. The summed E-state index contributed by atoms with van der Waals surface area (Å²) in [5.41, 5.74) is 4.89. The van der Waals surface area contributed by atoms with Gasteiger partial charge in [0.1, 0.15) is 11.6 Å². The summed E-state index contributed by atoms with van der Waals surface area (Å²) >= 11 is 1.55. The van der Waals surface area contributed by atoms with E-state index < -0.39 is 41.3 Å². The first-order valence-electron chi connectivity index (χ1n) is 11.7. The Labute approximate surface area is 221 Å². The van der Waals surface area contributed by atoms with Crippen LogP contribution in [0.2, 0.25) is 0 Å². The zero-order valence-corrected chi connectivity index (χ0v) is 21.8. The summed E-state index contributed by atoms with van der Waals surface area (Å²) in [6, 6.07) is 14.2. The number of hydrogen-bond acceptors (Lipinski definition) is 5. The maximum absolute atomic E-state index is 15.3. The zero-order valence-electron chi connectivity index (χ0n) is 21.0. The van der Waals surface area contributed by atoms with E-state index in [1.54, 1.807) is 23.9 Å². The summed E-state index contributed by atoms with van der Waals surface area (Å²) in [7, 11) is 1.29. The lowest BCUT2D eigenvalue weighted by Crippen LogP contribution is -2.44. The molecule has 0 amide bonds. The second kappa shape index (κ2) is 11.3. The quantitative estimate of drug-likeness (QED) is 0.322. The zero-order chi connectivity index (χ0) is 27.6. The molecule has 2 N–H and O–H groups in total. The highest BCUT2D eigenvalue weighted by Crippen LogP contribution is 2.29. The molecule has 0 bridgehead atoms. The van der Waals surface area contributed by atoms with Crippen LogP contribution < -0.4 is 21.7 Å². The molecule has 0 radical (unpaired) electrons. The van der Waals surface area contributed by atoms with E-state index in [1.807, 2.05) is 18.4 Å². The van der Waals surface area contributed by atoms with Crippen LogP contribution in [0.15, 0.2) is 75.1 Å². The second-order valence-corrected chi connectivity index (χ2v) is 9.53. The first-order valence-corrected chi connectivity index (χ1v) is 12.9. The number of thioether (sulfide) groups is 1. The minimum atomic E-state index is -0.853. The van der Waals surface area contributed by atoms with Crippen LogP contribution in [0.1, 0.15) is 22.9 Å². The van der Waals surface area contributed by atoms with Gasteiger partial charge in [-0.2, -0.15) is 0 Å². The Balaban J connectivity index is 1.94. The molecular formula is C28H26F3N3O3S. The fourth-order valence-electron chi connectivity index (χ4n) is 4.31. The number of ether oxygens (including phenoxy) is 1. The molecule has 0 fully saturated rings. The molecule has 0 aliphatic carbocycles. The van der Waals surface area contributed by atoms with Gasteiger partial charge in [-0.15, -0.1) is 11.8 Å². The molecule has 0 saturated carbocycles. The topological polar surface area (TPSA) is 79.2 Å². The second-order valence-electron chi connectivity index (χ2n) is 8.65. The van der Waals surface area contributed by atoms with Gasteiger partial charge in [0.05, 0.1) is 25.8 Å². The van der Waals surface area contributed by atoms with E-state index in [0.717, 1.165) is 26.2 Å². The van der Waals surface area contributed by atoms with Crippen molar-refractivity contribution in [3.05, 3.63) is 116 Å². The predicted molar refractivity (Wildman–Crippen MR) is 142 cm³/mol. The van der Waals surface area contributed by atoms with Crippen molar-refractivity contribution in [2.24, 2.45) is 5.73 Å². The van der Waals surface area contributed by atoms with Crippen LogP contribution in [0.25, 0.3) is 11.1 Å². The molecule has 0 aliphatic rings. The van der Waals surface area contributed by atoms with Gasteiger partial charge in [0, 0.05) is 27.8 Å². The Morgan fingerprint density at radius 3 is 2.18 bits per heavy atom. The van der Waals surface area contributed by atoms with Gasteiger partial charge in [-0.1, -0.05) is 30.3 Å². The fourth-order valence-corrected chi connectivity index (χ4v) is 4.72. The Kier molecular flexibility index (Phi) is 8.13. The molecule has 10 heteroatoms. The van der Waals surface area contributed by atoms with Gasteiger partial charge in [0.15, 0.2) is 11.6 Å². The third kappa shape index (κ3) is 5.14. The molecule has 6 nitrogen and oxygen atoms in total. The summed E-state index contributed by atoms with van der Waals surface area (Å²) in [6.45, 7) is 0.676. The Morgan fingerprint density at radius 1 is 0.947 bits per heavy atom. The van der Waals surface area contributed by atoms with Gasteiger partial charge >= 0.3 is 5.69 Å². The molecule has 1 aromatic heterocycles. The van der Waals surface area contributed by atoms with Crippen LogP contribution in [0.4, 0.5) is 13.2 Å². The van der Waals surface area contributed by atoms with Crippen LogP contribution in [-0.4, -0.2) is 22.5 Å². The molecule has 1 heterocycles. The number of nitrogens with two attached hydrogens (primary N) is 1. The Morgan fingerprint density at radius 2 is 1.58 bits per heavy atom. The third-order valence-corrected chi connectivity index (χ3v) is 7.18. The lowest BCUT2D eigenvalue weighted by molar-refractivity contribution is 0.387. The first kappa shape index (κ1) is 27.3. The number of methoxy groups -OCH3 is 1. The largest absolute Gasteiger partial charge is 0.494 e. The Bertz CT molecular complexity index is 1580. The first-order chi connectivity index (χ1) is 18.2. The van der Waals surface area contributed by atoms with Gasteiger partial charge in [0.2, 0.25) is 0 Å². The molecule has 38 heavy (non-hydrogen) atoms. The maximum atomic E-state index is 15.3. The van der Waals surface area contributed by atoms with Crippen LogP contribution in [0, 0.1) is 24.4 Å². The molecule has 4 rings (SSSR count). The Hall–Kier alpha value is -3.76. The van der Waals surface area contributed by atoms with Gasteiger partial charge < -0.3 is 10.5 Å². The molecule has 198 valence electrons. The molecule has 1 unspecified atom stereocenters. The summed E-state index contributed by atoms with van der Waals surface area (Å²) in [5.74, 6) is -2.61. The summed E-state index contributed by atoms with van der Waals surface area (Å²) in [6.07, 6.45) is 1.93. The van der Waals surface area contributed by atoms with Crippen molar-refractivity contribution in [2.45, 2.75) is 31.0 Å². The van der Waals surface area contributed by atoms with Crippen molar-refractivity contribution >= 4 is 11.8 Å². The third-order valence-electron chi connectivity index (χ3n) is 6.44. The smallest absolute Gasteiger partial charge is 0.331 e. The van der Waals surface area contributed by atoms with Crippen molar-refractivity contribution < 1.29 is 17.9 Å². The predicted octanol–water partition coefficient (Wildman–Crippen LogP) is 4.88. The highest BCUT2D eigenvalue weighted by molar-refractivity contribution is 7.98. The average molecular weight is 542 g/mol. The number of nitrogens with zero attached hydrogens (tertiary/aromatic N) is 2. The summed E-state index contributed by atoms with van der Waals surface area (Å²) in [4.78, 5) is 28.3. The van der Waals surface area contributed by atoms with Gasteiger partial charge in [-0.05, 0) is 49.1 Å². The van der Waals surface area contributed by atoms with Gasteiger partial charge in [-0.3, -0.25) is 13.9 Å². The minimum Gasteiger partial charge on any atom is -0.494 e. The van der Waals surface area contributed by atoms with Crippen molar-refractivity contribution in [3.63, 3.8) is 0 Å². The maximum Gasteiger partial charge on any atom is 0.331 e. The van der Waals surface area contributed by atoms with E-state index in [4.69, 9.17) is 10.5 Å². The van der Waals surface area contributed by atoms with Crippen molar-refractivity contribution in [1.82, 2.24) is 9.13 Å².